The van der Waals surface area contributed by atoms with E-state index in [1.807, 2.05) is 30.8 Å². The Labute approximate surface area is 252 Å². The predicted octanol–water partition coefficient (Wildman–Crippen LogP) is 6.51. The van der Waals surface area contributed by atoms with E-state index < -0.39 is 23.5 Å². The Bertz CT molecular complexity index is 1490. The molecular formula is C30H38F6N8. The Morgan fingerprint density at radius 1 is 0.909 bits per heavy atom. The van der Waals surface area contributed by atoms with Gasteiger partial charge in [-0.1, -0.05) is 12.8 Å². The summed E-state index contributed by atoms with van der Waals surface area (Å²) in [6.45, 7) is 5.44. The highest BCUT2D eigenvalue weighted by molar-refractivity contribution is 5.84. The molecule has 8 nitrogen and oxygen atoms in total. The molecule has 1 saturated carbocycles. The zero-order valence-electron chi connectivity index (χ0n) is 25.5. The van der Waals surface area contributed by atoms with Crippen molar-refractivity contribution < 1.29 is 26.3 Å². The molecule has 1 fully saturated rings. The number of alkyl halides is 6. The largest absolute Gasteiger partial charge is 0.416 e. The summed E-state index contributed by atoms with van der Waals surface area (Å²) in [7, 11) is 5.30. The van der Waals surface area contributed by atoms with Gasteiger partial charge < -0.3 is 14.4 Å². The molecule has 1 aliphatic carbocycles. The number of hydrazine groups is 2. The number of hydrazone groups is 1. The summed E-state index contributed by atoms with van der Waals surface area (Å²) in [6.07, 6.45) is -3.24. The monoisotopic (exact) mass is 624 g/mol. The first-order chi connectivity index (χ1) is 20.6. The number of hydrogen-bond donors (Lipinski definition) is 1. The molecule has 0 atom stereocenters. The number of guanidine groups is 1. The third-order valence-electron chi connectivity index (χ3n) is 8.45. The molecule has 3 heterocycles. The van der Waals surface area contributed by atoms with Crippen LogP contribution < -0.4 is 10.3 Å². The molecular weight excluding hydrogens is 586 g/mol. The van der Waals surface area contributed by atoms with Crippen LogP contribution in [0, 0.1) is 12.8 Å². The lowest BCUT2D eigenvalue weighted by Crippen LogP contribution is -2.45. The highest BCUT2D eigenvalue weighted by Crippen LogP contribution is 2.37. The smallest absolute Gasteiger partial charge is 0.356 e. The molecule has 0 bridgehead atoms. The van der Waals surface area contributed by atoms with E-state index in [-0.39, 0.29) is 30.7 Å². The number of nitrogens with one attached hydrogen (secondary N) is 1. The van der Waals surface area contributed by atoms with Crippen LogP contribution in [0.3, 0.4) is 0 Å². The van der Waals surface area contributed by atoms with Crippen LogP contribution in [0.25, 0.3) is 11.0 Å². The highest BCUT2D eigenvalue weighted by Gasteiger charge is 2.37. The van der Waals surface area contributed by atoms with Crippen molar-refractivity contribution in [2.24, 2.45) is 18.1 Å². The van der Waals surface area contributed by atoms with Crippen LogP contribution >= 0.6 is 0 Å². The Balaban J connectivity index is 1.60. The molecule has 2 aromatic heterocycles. The van der Waals surface area contributed by atoms with Crippen LogP contribution in [0.15, 0.2) is 35.6 Å². The van der Waals surface area contributed by atoms with E-state index >= 15 is 0 Å². The second-order valence-electron chi connectivity index (χ2n) is 11.8. The number of fused-ring (bicyclic) bond motifs is 1. The van der Waals surface area contributed by atoms with Gasteiger partial charge in [-0.25, -0.2) is 10.1 Å². The predicted molar refractivity (Wildman–Crippen MR) is 157 cm³/mol. The van der Waals surface area contributed by atoms with E-state index in [1.165, 1.54) is 18.0 Å². The van der Waals surface area contributed by atoms with E-state index in [0.29, 0.717) is 12.5 Å². The Hall–Kier alpha value is -3.68. The van der Waals surface area contributed by atoms with Gasteiger partial charge in [-0.15, -0.1) is 10.2 Å². The maximum absolute atomic E-state index is 13.7. The van der Waals surface area contributed by atoms with Crippen molar-refractivity contribution in [2.75, 3.05) is 32.1 Å². The van der Waals surface area contributed by atoms with E-state index in [4.69, 9.17) is 4.98 Å². The summed E-state index contributed by atoms with van der Waals surface area (Å²) in [5.41, 5.74) is 3.75. The van der Waals surface area contributed by atoms with Gasteiger partial charge >= 0.3 is 12.4 Å². The van der Waals surface area contributed by atoms with Crippen molar-refractivity contribution in [3.63, 3.8) is 0 Å². The number of nitrogens with zero attached hydrogens (tertiary/aromatic N) is 7. The molecule has 5 rings (SSSR count). The number of pyridine rings is 1. The third-order valence-corrected chi connectivity index (χ3v) is 8.45. The second kappa shape index (κ2) is 12.0. The lowest BCUT2D eigenvalue weighted by molar-refractivity contribution is -0.143. The first-order valence-corrected chi connectivity index (χ1v) is 14.7. The van der Waals surface area contributed by atoms with Crippen molar-refractivity contribution in [3.05, 3.63) is 58.3 Å². The highest BCUT2D eigenvalue weighted by atomic mass is 19.4. The topological polar surface area (TPSA) is 55.2 Å². The van der Waals surface area contributed by atoms with Gasteiger partial charge in [-0.3, -0.25) is 5.43 Å². The molecule has 3 aromatic rings. The zero-order valence-corrected chi connectivity index (χ0v) is 25.5. The lowest BCUT2D eigenvalue weighted by Gasteiger charge is -2.30. The number of benzene rings is 1. The number of aromatic nitrogens is 2. The molecule has 2 aliphatic rings. The van der Waals surface area contributed by atoms with Crippen molar-refractivity contribution in [3.8, 4) is 0 Å². The van der Waals surface area contributed by atoms with Crippen molar-refractivity contribution >= 4 is 22.8 Å². The molecule has 0 radical (unpaired) electrons. The zero-order chi connectivity index (χ0) is 32.0. The molecule has 0 saturated heterocycles. The average molecular weight is 625 g/mol. The first-order valence-electron chi connectivity index (χ1n) is 14.7. The Morgan fingerprint density at radius 2 is 1.55 bits per heavy atom. The molecule has 1 aromatic carbocycles. The molecule has 1 aliphatic heterocycles. The minimum absolute atomic E-state index is 0.134. The van der Waals surface area contributed by atoms with Gasteiger partial charge in [0.15, 0.2) is 0 Å². The molecule has 240 valence electrons. The average Bonchev–Trinajstić information content (AvgIpc) is 3.65. The number of aryl methyl sites for hydroxylation is 2. The summed E-state index contributed by atoms with van der Waals surface area (Å²) in [6, 6.07) is 3.71. The van der Waals surface area contributed by atoms with Crippen LogP contribution in [-0.4, -0.2) is 57.8 Å². The van der Waals surface area contributed by atoms with Crippen LogP contribution in [0.4, 0.5) is 32.2 Å². The van der Waals surface area contributed by atoms with E-state index in [0.717, 1.165) is 59.5 Å². The van der Waals surface area contributed by atoms with E-state index in [2.05, 4.69) is 22.4 Å². The molecule has 0 unspecified atom stereocenters. The third kappa shape index (κ3) is 6.69. The number of hydrogen-bond acceptors (Lipinski definition) is 7. The fraction of sp³-hybridized carbons (Fsp3) is 0.533. The lowest BCUT2D eigenvalue weighted by atomic mass is 10.0. The van der Waals surface area contributed by atoms with Crippen LogP contribution in [0.5, 0.6) is 0 Å². The molecule has 1 N–H and O–H groups in total. The summed E-state index contributed by atoms with van der Waals surface area (Å²) in [4.78, 5) is 9.01. The quantitative estimate of drug-likeness (QED) is 0.289. The summed E-state index contributed by atoms with van der Waals surface area (Å²) in [5, 5.41) is 7.54. The maximum atomic E-state index is 13.7. The number of rotatable bonds is 8. The van der Waals surface area contributed by atoms with Crippen LogP contribution in [-0.2, 0) is 32.5 Å². The fourth-order valence-electron chi connectivity index (χ4n) is 6.09. The number of halogens is 6. The summed E-state index contributed by atoms with van der Waals surface area (Å²) in [5.74, 6) is 1.57. The van der Waals surface area contributed by atoms with Gasteiger partial charge in [-0.2, -0.15) is 26.3 Å². The summed E-state index contributed by atoms with van der Waals surface area (Å²) < 4.78 is 84.2. The molecule has 14 heteroatoms. The van der Waals surface area contributed by atoms with Gasteiger partial charge in [0.05, 0.1) is 22.2 Å². The molecule has 0 amide bonds. The fourth-order valence-corrected chi connectivity index (χ4v) is 6.09. The van der Waals surface area contributed by atoms with Gasteiger partial charge in [0, 0.05) is 59.1 Å². The maximum Gasteiger partial charge on any atom is 0.416 e. The van der Waals surface area contributed by atoms with Gasteiger partial charge in [0.25, 0.3) is 0 Å². The minimum atomic E-state index is -4.95. The second-order valence-corrected chi connectivity index (χ2v) is 11.8. The molecule has 0 spiro atoms. The van der Waals surface area contributed by atoms with Crippen molar-refractivity contribution in [1.29, 1.82) is 0 Å². The van der Waals surface area contributed by atoms with Crippen molar-refractivity contribution in [2.45, 2.75) is 65.0 Å². The van der Waals surface area contributed by atoms with Gasteiger partial charge in [0.2, 0.25) is 5.96 Å². The van der Waals surface area contributed by atoms with Gasteiger partial charge in [-0.05, 0) is 68.0 Å². The SMILES string of the molecule is CCN(CC1CCCC1)c1nc2c(C)cn(C)c2cc1CN(Cc1cc(C(F)(F)F)cc(C(F)(F)F)c1)C1=NN(C)N(C)N1. The number of anilines is 1. The van der Waals surface area contributed by atoms with Crippen LogP contribution in [0.1, 0.15) is 60.4 Å². The first kappa shape index (κ1) is 31.7. The van der Waals surface area contributed by atoms with Gasteiger partial charge in [0.1, 0.15) is 5.82 Å². The minimum Gasteiger partial charge on any atom is -0.356 e. The normalized spacial score (nSPS) is 16.6. The van der Waals surface area contributed by atoms with E-state index in [1.54, 1.807) is 24.1 Å². The standard InChI is InChI=1S/C30H38F6N8/c1-6-43(16-20-9-7-8-10-20)27-22(13-25-26(37-27)19(2)15-40(25)3)18-44(28-38-41(4)42(5)39-28)17-21-11-23(29(31,32)33)14-24(12-21)30(34,35)36/h11-15,20H,6-10,16-18H2,1-5H3,(H,38,39). The van der Waals surface area contributed by atoms with Crippen molar-refractivity contribution in [1.82, 2.24) is 30.1 Å². The van der Waals surface area contributed by atoms with E-state index in [9.17, 15) is 26.3 Å². The molecule has 44 heavy (non-hydrogen) atoms. The van der Waals surface area contributed by atoms with Crippen LogP contribution in [0.2, 0.25) is 0 Å². The Morgan fingerprint density at radius 3 is 2.09 bits per heavy atom. The Kier molecular flexibility index (Phi) is 8.67. The summed E-state index contributed by atoms with van der Waals surface area (Å²) >= 11 is 0.